The zero-order chi connectivity index (χ0) is 13.1. The molecule has 1 fully saturated rings. The monoisotopic (exact) mass is 253 g/mol. The van der Waals surface area contributed by atoms with Gasteiger partial charge in [0.2, 0.25) is 0 Å². The van der Waals surface area contributed by atoms with Crippen LogP contribution < -0.4 is 5.32 Å². The van der Waals surface area contributed by atoms with E-state index in [4.69, 9.17) is 0 Å². The molecule has 0 radical (unpaired) electrons. The van der Waals surface area contributed by atoms with Crippen LogP contribution in [-0.2, 0) is 0 Å². The first-order valence-electron chi connectivity index (χ1n) is 8.60. The molecule has 1 rings (SSSR count). The van der Waals surface area contributed by atoms with Crippen LogP contribution in [0.2, 0.25) is 0 Å². The van der Waals surface area contributed by atoms with Crippen LogP contribution in [0.5, 0.6) is 0 Å². The van der Waals surface area contributed by atoms with E-state index in [2.05, 4.69) is 19.2 Å². The van der Waals surface area contributed by atoms with E-state index in [0.717, 1.165) is 12.0 Å². The molecule has 0 aromatic heterocycles. The van der Waals surface area contributed by atoms with Gasteiger partial charge < -0.3 is 5.32 Å². The molecule has 1 heteroatoms. The second-order valence-corrected chi connectivity index (χ2v) is 6.24. The molecule has 18 heavy (non-hydrogen) atoms. The number of hydrogen-bond donors (Lipinski definition) is 1. The van der Waals surface area contributed by atoms with E-state index in [1.165, 1.54) is 83.6 Å². The highest BCUT2D eigenvalue weighted by molar-refractivity contribution is 4.74. The summed E-state index contributed by atoms with van der Waals surface area (Å²) in [6, 6.07) is 0.805. The predicted octanol–water partition coefficient (Wildman–Crippen LogP) is 5.30. The van der Waals surface area contributed by atoms with E-state index in [1.54, 1.807) is 0 Å². The summed E-state index contributed by atoms with van der Waals surface area (Å²) in [4.78, 5) is 0. The highest BCUT2D eigenvalue weighted by Gasteiger charge is 2.17. The number of rotatable bonds is 9. The average molecular weight is 253 g/mol. The average Bonchev–Trinajstić information content (AvgIpc) is 2.64. The summed E-state index contributed by atoms with van der Waals surface area (Å²) in [6.45, 7) is 5.80. The fourth-order valence-corrected chi connectivity index (χ4v) is 3.29. The first kappa shape index (κ1) is 16.0. The standard InChI is InChI=1S/C17H35N/c1-3-5-8-13-17(18-14-4-2)15-16-11-9-6-7-10-12-16/h16-18H,3-15H2,1-2H3. The molecule has 1 N–H and O–H groups in total. The quantitative estimate of drug-likeness (QED) is 0.434. The lowest BCUT2D eigenvalue weighted by Gasteiger charge is -2.24. The van der Waals surface area contributed by atoms with Crippen molar-refractivity contribution >= 4 is 0 Å². The van der Waals surface area contributed by atoms with E-state index in [9.17, 15) is 0 Å². The van der Waals surface area contributed by atoms with Crippen molar-refractivity contribution in [2.45, 2.75) is 96.9 Å². The molecule has 0 amide bonds. The Bertz CT molecular complexity index is 170. The Kier molecular flexibility index (Phi) is 9.65. The van der Waals surface area contributed by atoms with Crippen LogP contribution in [0.25, 0.3) is 0 Å². The van der Waals surface area contributed by atoms with Crippen LogP contribution in [-0.4, -0.2) is 12.6 Å². The first-order valence-corrected chi connectivity index (χ1v) is 8.60. The summed E-state index contributed by atoms with van der Waals surface area (Å²) in [6.07, 6.45) is 17.3. The van der Waals surface area contributed by atoms with Crippen LogP contribution >= 0.6 is 0 Å². The Hall–Kier alpha value is -0.0400. The second kappa shape index (κ2) is 10.8. The number of nitrogens with one attached hydrogen (secondary N) is 1. The van der Waals surface area contributed by atoms with Gasteiger partial charge in [-0.05, 0) is 31.7 Å². The Balaban J connectivity index is 2.27. The van der Waals surface area contributed by atoms with Crippen LogP contribution in [0.4, 0.5) is 0 Å². The van der Waals surface area contributed by atoms with Gasteiger partial charge in [0.1, 0.15) is 0 Å². The molecule has 1 saturated carbocycles. The van der Waals surface area contributed by atoms with Crippen molar-refractivity contribution in [3.63, 3.8) is 0 Å². The smallest absolute Gasteiger partial charge is 0.00696 e. The largest absolute Gasteiger partial charge is 0.314 e. The van der Waals surface area contributed by atoms with Crippen molar-refractivity contribution < 1.29 is 0 Å². The van der Waals surface area contributed by atoms with Crippen molar-refractivity contribution in [3.8, 4) is 0 Å². The van der Waals surface area contributed by atoms with Gasteiger partial charge in [0.25, 0.3) is 0 Å². The molecular formula is C17H35N. The zero-order valence-corrected chi connectivity index (χ0v) is 12.8. The minimum atomic E-state index is 0.805. The Morgan fingerprint density at radius 3 is 2.28 bits per heavy atom. The van der Waals surface area contributed by atoms with Crippen molar-refractivity contribution in [1.82, 2.24) is 5.32 Å². The van der Waals surface area contributed by atoms with E-state index >= 15 is 0 Å². The zero-order valence-electron chi connectivity index (χ0n) is 12.8. The fraction of sp³-hybridized carbons (Fsp3) is 1.00. The Morgan fingerprint density at radius 1 is 0.944 bits per heavy atom. The van der Waals surface area contributed by atoms with Crippen LogP contribution in [0.3, 0.4) is 0 Å². The lowest BCUT2D eigenvalue weighted by atomic mass is 9.90. The summed E-state index contributed by atoms with van der Waals surface area (Å²) in [7, 11) is 0. The van der Waals surface area contributed by atoms with Gasteiger partial charge in [0.05, 0.1) is 0 Å². The minimum absolute atomic E-state index is 0.805. The lowest BCUT2D eigenvalue weighted by Crippen LogP contribution is -2.31. The third kappa shape index (κ3) is 7.41. The van der Waals surface area contributed by atoms with Crippen molar-refractivity contribution in [2.75, 3.05) is 6.54 Å². The molecule has 1 aliphatic carbocycles. The van der Waals surface area contributed by atoms with Gasteiger partial charge in [-0.2, -0.15) is 0 Å². The SMILES string of the molecule is CCCCCC(CC1CCCCCC1)NCCC. The third-order valence-corrected chi connectivity index (χ3v) is 4.43. The Morgan fingerprint density at radius 2 is 1.67 bits per heavy atom. The molecule has 1 nitrogen and oxygen atoms in total. The summed E-state index contributed by atoms with van der Waals surface area (Å²) < 4.78 is 0. The topological polar surface area (TPSA) is 12.0 Å². The maximum atomic E-state index is 3.80. The summed E-state index contributed by atoms with van der Waals surface area (Å²) >= 11 is 0. The first-order chi connectivity index (χ1) is 8.86. The maximum Gasteiger partial charge on any atom is 0.00696 e. The second-order valence-electron chi connectivity index (χ2n) is 6.24. The molecule has 0 aromatic carbocycles. The summed E-state index contributed by atoms with van der Waals surface area (Å²) in [5.74, 6) is 1.02. The van der Waals surface area contributed by atoms with Gasteiger partial charge in [-0.15, -0.1) is 0 Å². The van der Waals surface area contributed by atoms with Crippen molar-refractivity contribution in [1.29, 1.82) is 0 Å². The molecule has 1 atom stereocenters. The van der Waals surface area contributed by atoms with E-state index in [0.29, 0.717) is 0 Å². The molecule has 0 heterocycles. The fourth-order valence-electron chi connectivity index (χ4n) is 3.29. The van der Waals surface area contributed by atoms with Crippen LogP contribution in [0, 0.1) is 5.92 Å². The normalized spacial score (nSPS) is 19.7. The number of hydrogen-bond acceptors (Lipinski definition) is 1. The molecule has 1 aliphatic rings. The van der Waals surface area contributed by atoms with Gasteiger partial charge in [0.15, 0.2) is 0 Å². The molecule has 0 aliphatic heterocycles. The van der Waals surface area contributed by atoms with Gasteiger partial charge >= 0.3 is 0 Å². The van der Waals surface area contributed by atoms with Crippen LogP contribution in [0.15, 0.2) is 0 Å². The van der Waals surface area contributed by atoms with Gasteiger partial charge in [-0.1, -0.05) is 71.6 Å². The molecule has 1 unspecified atom stereocenters. The van der Waals surface area contributed by atoms with Gasteiger partial charge in [-0.3, -0.25) is 0 Å². The molecule has 0 saturated heterocycles. The van der Waals surface area contributed by atoms with Gasteiger partial charge in [0, 0.05) is 6.04 Å². The molecule has 0 bridgehead atoms. The van der Waals surface area contributed by atoms with E-state index in [-0.39, 0.29) is 0 Å². The van der Waals surface area contributed by atoms with Crippen molar-refractivity contribution in [3.05, 3.63) is 0 Å². The van der Waals surface area contributed by atoms with E-state index in [1.807, 2.05) is 0 Å². The Labute approximate surface area is 115 Å². The highest BCUT2D eigenvalue weighted by atomic mass is 14.9. The minimum Gasteiger partial charge on any atom is -0.314 e. The van der Waals surface area contributed by atoms with Crippen molar-refractivity contribution in [2.24, 2.45) is 5.92 Å². The predicted molar refractivity (Wildman–Crippen MR) is 82.0 cm³/mol. The molecule has 108 valence electrons. The summed E-state index contributed by atoms with van der Waals surface area (Å²) in [5, 5.41) is 3.80. The lowest BCUT2D eigenvalue weighted by molar-refractivity contribution is 0.333. The number of unbranched alkanes of at least 4 members (excludes halogenated alkanes) is 2. The van der Waals surface area contributed by atoms with E-state index < -0.39 is 0 Å². The van der Waals surface area contributed by atoms with Gasteiger partial charge in [-0.25, -0.2) is 0 Å². The molecule has 0 spiro atoms. The highest BCUT2D eigenvalue weighted by Crippen LogP contribution is 2.27. The molecular weight excluding hydrogens is 218 g/mol. The summed E-state index contributed by atoms with van der Waals surface area (Å²) in [5.41, 5.74) is 0. The van der Waals surface area contributed by atoms with Crippen LogP contribution in [0.1, 0.15) is 90.9 Å². The third-order valence-electron chi connectivity index (χ3n) is 4.43. The maximum absolute atomic E-state index is 3.80. The molecule has 0 aromatic rings.